The fourth-order valence-corrected chi connectivity index (χ4v) is 4.44. The SMILES string of the molecule is CCOC(=O)c1nn(-c2ccc(OC)cc2)c(=O)c2c(NC(=O)Cc3ccc(OC)cc3)scc12. The molecule has 2 aromatic heterocycles. The van der Waals surface area contributed by atoms with Gasteiger partial charge in [-0.05, 0) is 48.9 Å². The molecule has 4 rings (SSSR count). The Labute approximate surface area is 204 Å². The van der Waals surface area contributed by atoms with Crippen LogP contribution in [0.4, 0.5) is 5.00 Å². The summed E-state index contributed by atoms with van der Waals surface area (Å²) in [6, 6.07) is 13.8. The maximum Gasteiger partial charge on any atom is 0.359 e. The number of hydrogen-bond acceptors (Lipinski definition) is 8. The highest BCUT2D eigenvalue weighted by Crippen LogP contribution is 2.31. The average Bonchev–Trinajstić information content (AvgIpc) is 3.29. The van der Waals surface area contributed by atoms with Gasteiger partial charge in [0, 0.05) is 10.8 Å². The van der Waals surface area contributed by atoms with E-state index in [1.807, 2.05) is 0 Å². The molecule has 2 aromatic carbocycles. The van der Waals surface area contributed by atoms with Crippen molar-refractivity contribution in [3.63, 3.8) is 0 Å². The molecule has 0 radical (unpaired) electrons. The van der Waals surface area contributed by atoms with Gasteiger partial charge in [-0.1, -0.05) is 12.1 Å². The Bertz CT molecular complexity index is 1420. The number of methoxy groups -OCH3 is 2. The maximum absolute atomic E-state index is 13.5. The number of esters is 1. The third-order valence-electron chi connectivity index (χ3n) is 5.21. The average molecular weight is 494 g/mol. The van der Waals surface area contributed by atoms with Crippen LogP contribution in [0.2, 0.25) is 0 Å². The molecule has 9 nitrogen and oxygen atoms in total. The molecule has 0 saturated heterocycles. The summed E-state index contributed by atoms with van der Waals surface area (Å²) in [7, 11) is 3.11. The van der Waals surface area contributed by atoms with Gasteiger partial charge in [-0.3, -0.25) is 9.59 Å². The quantitative estimate of drug-likeness (QED) is 0.372. The molecule has 0 atom stereocenters. The highest BCUT2D eigenvalue weighted by atomic mass is 32.1. The Kier molecular flexibility index (Phi) is 7.11. The van der Waals surface area contributed by atoms with E-state index >= 15 is 0 Å². The number of fused-ring (bicyclic) bond motifs is 1. The van der Waals surface area contributed by atoms with Crippen LogP contribution < -0.4 is 20.3 Å². The lowest BCUT2D eigenvalue weighted by Crippen LogP contribution is -2.25. The van der Waals surface area contributed by atoms with Gasteiger partial charge in [0.2, 0.25) is 5.91 Å². The largest absolute Gasteiger partial charge is 0.497 e. The number of rotatable bonds is 8. The Morgan fingerprint density at radius 1 is 1.00 bits per heavy atom. The first-order chi connectivity index (χ1) is 16.9. The van der Waals surface area contributed by atoms with Crippen molar-refractivity contribution in [3.05, 3.63) is 75.5 Å². The normalized spacial score (nSPS) is 10.7. The summed E-state index contributed by atoms with van der Waals surface area (Å²) in [4.78, 5) is 38.9. The number of ether oxygens (including phenoxy) is 3. The molecule has 0 saturated carbocycles. The lowest BCUT2D eigenvalue weighted by molar-refractivity contribution is -0.115. The summed E-state index contributed by atoms with van der Waals surface area (Å²) in [5, 5.41) is 9.57. The Morgan fingerprint density at radius 3 is 2.23 bits per heavy atom. The van der Waals surface area contributed by atoms with Gasteiger partial charge in [0.1, 0.15) is 16.5 Å². The van der Waals surface area contributed by atoms with E-state index in [0.29, 0.717) is 27.6 Å². The first-order valence-electron chi connectivity index (χ1n) is 10.7. The second-order valence-electron chi connectivity index (χ2n) is 7.41. The Hall–Kier alpha value is -4.18. The van der Waals surface area contributed by atoms with Gasteiger partial charge in [-0.15, -0.1) is 11.3 Å². The summed E-state index contributed by atoms with van der Waals surface area (Å²) in [6.07, 6.45) is 0.103. The molecule has 0 aliphatic heterocycles. The molecule has 0 bridgehead atoms. The number of nitrogens with one attached hydrogen (secondary N) is 1. The van der Waals surface area contributed by atoms with Gasteiger partial charge < -0.3 is 19.5 Å². The van der Waals surface area contributed by atoms with Crippen molar-refractivity contribution in [2.75, 3.05) is 26.1 Å². The molecule has 2 heterocycles. The summed E-state index contributed by atoms with van der Waals surface area (Å²) in [5.74, 6) is 0.337. The summed E-state index contributed by atoms with van der Waals surface area (Å²) in [5.41, 5.74) is 0.738. The highest BCUT2D eigenvalue weighted by molar-refractivity contribution is 7.16. The zero-order valence-electron chi connectivity index (χ0n) is 19.4. The molecule has 10 heteroatoms. The molecule has 0 aliphatic carbocycles. The topological polar surface area (TPSA) is 109 Å². The van der Waals surface area contributed by atoms with Crippen LogP contribution in [-0.4, -0.2) is 42.5 Å². The van der Waals surface area contributed by atoms with Crippen molar-refractivity contribution >= 4 is 39.0 Å². The van der Waals surface area contributed by atoms with Gasteiger partial charge in [0.05, 0.1) is 38.3 Å². The van der Waals surface area contributed by atoms with Crippen molar-refractivity contribution < 1.29 is 23.8 Å². The number of anilines is 1. The van der Waals surface area contributed by atoms with Gasteiger partial charge >= 0.3 is 5.97 Å². The van der Waals surface area contributed by atoms with E-state index < -0.39 is 11.5 Å². The van der Waals surface area contributed by atoms with E-state index in [-0.39, 0.29) is 30.0 Å². The Morgan fingerprint density at radius 2 is 1.63 bits per heavy atom. The van der Waals surface area contributed by atoms with Gasteiger partial charge in [0.15, 0.2) is 5.69 Å². The van der Waals surface area contributed by atoms with Crippen LogP contribution >= 0.6 is 11.3 Å². The van der Waals surface area contributed by atoms with Gasteiger partial charge in [-0.25, -0.2) is 4.79 Å². The van der Waals surface area contributed by atoms with Crippen molar-refractivity contribution in [1.29, 1.82) is 0 Å². The third-order valence-corrected chi connectivity index (χ3v) is 6.11. The molecule has 0 aliphatic rings. The summed E-state index contributed by atoms with van der Waals surface area (Å²) in [6.45, 7) is 1.84. The highest BCUT2D eigenvalue weighted by Gasteiger charge is 2.23. The number of amides is 1. The van der Waals surface area contributed by atoms with Crippen LogP contribution in [0.1, 0.15) is 23.0 Å². The molecule has 0 spiro atoms. The molecule has 0 unspecified atom stereocenters. The van der Waals surface area contributed by atoms with Crippen LogP contribution in [0, 0.1) is 0 Å². The first-order valence-corrected chi connectivity index (χ1v) is 11.6. The number of carbonyl (C=O) groups excluding carboxylic acids is 2. The third kappa shape index (κ3) is 5.02. The van der Waals surface area contributed by atoms with E-state index in [4.69, 9.17) is 14.2 Å². The predicted molar refractivity (Wildman–Crippen MR) is 133 cm³/mol. The number of nitrogens with zero attached hydrogens (tertiary/aromatic N) is 2. The van der Waals surface area contributed by atoms with Crippen molar-refractivity contribution in [2.24, 2.45) is 0 Å². The minimum absolute atomic E-state index is 0.0100. The molecule has 180 valence electrons. The molecule has 1 amide bonds. The lowest BCUT2D eigenvalue weighted by Gasteiger charge is -2.10. The van der Waals surface area contributed by atoms with Crippen LogP contribution in [0.3, 0.4) is 0 Å². The number of hydrogen-bond donors (Lipinski definition) is 1. The van der Waals surface area contributed by atoms with E-state index in [9.17, 15) is 14.4 Å². The van der Waals surface area contributed by atoms with Gasteiger partial charge in [-0.2, -0.15) is 9.78 Å². The van der Waals surface area contributed by atoms with Crippen molar-refractivity contribution in [2.45, 2.75) is 13.3 Å². The summed E-state index contributed by atoms with van der Waals surface area (Å²) >= 11 is 1.15. The fourth-order valence-electron chi connectivity index (χ4n) is 3.49. The van der Waals surface area contributed by atoms with E-state index in [1.54, 1.807) is 67.9 Å². The fraction of sp³-hybridized carbons (Fsp3) is 0.200. The minimum atomic E-state index is -0.659. The molecule has 4 aromatic rings. The zero-order valence-corrected chi connectivity index (χ0v) is 20.2. The number of carbonyl (C=O) groups is 2. The summed E-state index contributed by atoms with van der Waals surface area (Å²) < 4.78 is 16.6. The second kappa shape index (κ2) is 10.4. The number of thiophene rings is 1. The van der Waals surface area contributed by atoms with Gasteiger partial charge in [0.25, 0.3) is 5.56 Å². The minimum Gasteiger partial charge on any atom is -0.497 e. The van der Waals surface area contributed by atoms with Crippen LogP contribution in [0.15, 0.2) is 58.7 Å². The second-order valence-corrected chi connectivity index (χ2v) is 8.29. The first kappa shape index (κ1) is 24.0. The van der Waals surface area contributed by atoms with Crippen LogP contribution in [0.5, 0.6) is 11.5 Å². The zero-order chi connectivity index (χ0) is 24.9. The van der Waals surface area contributed by atoms with E-state index in [1.165, 1.54) is 7.11 Å². The van der Waals surface area contributed by atoms with Crippen LogP contribution in [0.25, 0.3) is 16.5 Å². The molecule has 35 heavy (non-hydrogen) atoms. The Balaban J connectivity index is 1.75. The molecule has 1 N–H and O–H groups in total. The van der Waals surface area contributed by atoms with Crippen molar-refractivity contribution in [1.82, 2.24) is 9.78 Å². The van der Waals surface area contributed by atoms with E-state index in [2.05, 4.69) is 10.4 Å². The molecular formula is C25H23N3O6S. The van der Waals surface area contributed by atoms with Crippen LogP contribution in [-0.2, 0) is 16.0 Å². The number of aromatic nitrogens is 2. The van der Waals surface area contributed by atoms with E-state index in [0.717, 1.165) is 21.6 Å². The molecule has 0 fully saturated rings. The predicted octanol–water partition coefficient (Wildman–Crippen LogP) is 3.82. The monoisotopic (exact) mass is 493 g/mol. The smallest absolute Gasteiger partial charge is 0.359 e. The number of benzene rings is 2. The molecular weight excluding hydrogens is 470 g/mol. The maximum atomic E-state index is 13.5. The van der Waals surface area contributed by atoms with Crippen molar-refractivity contribution in [3.8, 4) is 17.2 Å². The lowest BCUT2D eigenvalue weighted by atomic mass is 10.1. The standard InChI is InChI=1S/C25H23N3O6S/c1-4-34-25(31)22-19-14-35-23(26-20(29)13-15-5-9-17(32-2)10-6-15)21(19)24(30)28(27-22)16-7-11-18(33-3)12-8-16/h5-12,14H,4,13H2,1-3H3,(H,26,29).